The lowest BCUT2D eigenvalue weighted by Crippen LogP contribution is -2.45. The molecule has 188 valence electrons. The van der Waals surface area contributed by atoms with Gasteiger partial charge in [-0.2, -0.15) is 0 Å². The first-order chi connectivity index (χ1) is 17.7. The number of thiazole rings is 1. The maximum absolute atomic E-state index is 12.8. The number of rotatable bonds is 6. The summed E-state index contributed by atoms with van der Waals surface area (Å²) in [5, 5.41) is 3.89. The molecule has 1 aromatic heterocycles. The van der Waals surface area contributed by atoms with Crippen molar-refractivity contribution in [2.45, 2.75) is 6.54 Å². The van der Waals surface area contributed by atoms with Crippen LogP contribution in [-0.4, -0.2) is 75.1 Å². The molecule has 3 aliphatic heterocycles. The number of carbonyl (C=O) groups excluding carboxylic acids is 1. The first kappa shape index (κ1) is 23.1. The van der Waals surface area contributed by atoms with Crippen molar-refractivity contribution in [1.82, 2.24) is 9.88 Å². The fraction of sp³-hybridized carbons (Fsp3) is 0.385. The highest BCUT2D eigenvalue weighted by Gasteiger charge is 2.22. The number of aromatic nitrogens is 1. The van der Waals surface area contributed by atoms with E-state index in [1.807, 2.05) is 30.3 Å². The molecule has 0 saturated carbocycles. The minimum absolute atomic E-state index is 0.126. The van der Waals surface area contributed by atoms with Gasteiger partial charge < -0.3 is 29.3 Å². The summed E-state index contributed by atoms with van der Waals surface area (Å²) in [4.78, 5) is 25.0. The molecule has 1 N–H and O–H groups in total. The van der Waals surface area contributed by atoms with E-state index in [0.717, 1.165) is 87.0 Å². The van der Waals surface area contributed by atoms with Crippen LogP contribution in [0.3, 0.4) is 0 Å². The Bertz CT molecular complexity index is 1200. The Labute approximate surface area is 214 Å². The molecule has 0 spiro atoms. The molecule has 9 nitrogen and oxygen atoms in total. The van der Waals surface area contributed by atoms with E-state index in [0.29, 0.717) is 11.7 Å². The minimum Gasteiger partial charge on any atom is -0.454 e. The number of hydrogen-bond donors (Lipinski definition) is 1. The number of nitrogens with zero attached hydrogens (tertiary/aromatic N) is 4. The molecule has 2 saturated heterocycles. The van der Waals surface area contributed by atoms with Crippen LogP contribution in [0.15, 0.2) is 48.7 Å². The Kier molecular flexibility index (Phi) is 6.63. The summed E-state index contributed by atoms with van der Waals surface area (Å²) in [6.45, 7) is 8.08. The van der Waals surface area contributed by atoms with Crippen LogP contribution in [-0.2, 0) is 11.3 Å². The normalized spacial score (nSPS) is 17.9. The smallest absolute Gasteiger partial charge is 0.267 e. The van der Waals surface area contributed by atoms with E-state index in [-0.39, 0.29) is 5.91 Å². The topological polar surface area (TPSA) is 79.4 Å². The molecule has 36 heavy (non-hydrogen) atoms. The van der Waals surface area contributed by atoms with Gasteiger partial charge in [0.25, 0.3) is 5.91 Å². The van der Waals surface area contributed by atoms with Crippen LogP contribution in [0.25, 0.3) is 0 Å². The number of benzene rings is 2. The quantitative estimate of drug-likeness (QED) is 0.545. The maximum Gasteiger partial charge on any atom is 0.267 e. The Morgan fingerprint density at radius 2 is 1.69 bits per heavy atom. The van der Waals surface area contributed by atoms with Gasteiger partial charge in [-0.15, -0.1) is 0 Å². The second-order valence-electron chi connectivity index (χ2n) is 9.06. The van der Waals surface area contributed by atoms with Gasteiger partial charge in [0.05, 0.1) is 19.4 Å². The van der Waals surface area contributed by atoms with E-state index in [4.69, 9.17) is 14.2 Å². The van der Waals surface area contributed by atoms with Crippen molar-refractivity contribution in [3.63, 3.8) is 0 Å². The summed E-state index contributed by atoms with van der Waals surface area (Å²) in [6, 6.07) is 14.1. The van der Waals surface area contributed by atoms with Crippen LogP contribution in [0.4, 0.5) is 16.5 Å². The third-order valence-corrected chi connectivity index (χ3v) is 7.76. The van der Waals surface area contributed by atoms with Crippen LogP contribution in [0.5, 0.6) is 11.5 Å². The molecule has 6 rings (SSSR count). The summed E-state index contributed by atoms with van der Waals surface area (Å²) < 4.78 is 16.3. The van der Waals surface area contributed by atoms with Gasteiger partial charge in [-0.1, -0.05) is 17.4 Å². The second-order valence-corrected chi connectivity index (χ2v) is 10.1. The first-order valence-corrected chi connectivity index (χ1v) is 13.1. The van der Waals surface area contributed by atoms with Crippen molar-refractivity contribution in [3.05, 3.63) is 59.1 Å². The SMILES string of the molecule is O=C(Nc1ccc(N2CCOCC2)cc1)c1cnc(N2CCN(Cc3ccc4c(c3)OCO4)CC2)s1. The number of morpholine rings is 1. The molecule has 0 radical (unpaired) electrons. The fourth-order valence-electron chi connectivity index (χ4n) is 4.68. The molecular formula is C26H29N5O4S. The van der Waals surface area contributed by atoms with Crippen molar-refractivity contribution >= 4 is 33.8 Å². The molecule has 0 aliphatic carbocycles. The molecule has 3 aromatic rings. The minimum atomic E-state index is -0.126. The van der Waals surface area contributed by atoms with Crippen molar-refractivity contribution in [1.29, 1.82) is 0 Å². The first-order valence-electron chi connectivity index (χ1n) is 12.3. The molecule has 0 bridgehead atoms. The van der Waals surface area contributed by atoms with Crippen molar-refractivity contribution in [2.75, 3.05) is 74.4 Å². The van der Waals surface area contributed by atoms with Gasteiger partial charge in [-0.3, -0.25) is 9.69 Å². The van der Waals surface area contributed by atoms with E-state index in [1.54, 1.807) is 6.20 Å². The van der Waals surface area contributed by atoms with E-state index in [1.165, 1.54) is 16.9 Å². The Morgan fingerprint density at radius 1 is 0.917 bits per heavy atom. The molecule has 0 unspecified atom stereocenters. The molecule has 1 amide bonds. The number of fused-ring (bicyclic) bond motifs is 1. The standard InChI is InChI=1S/C26H29N5O4S/c32-25(28-20-2-4-21(5-3-20)30-11-13-33-14-12-30)24-16-27-26(36-24)31-9-7-29(8-10-31)17-19-1-6-22-23(15-19)35-18-34-22/h1-6,15-16H,7-14,17-18H2,(H,28,32). The summed E-state index contributed by atoms with van der Waals surface area (Å²) in [6.07, 6.45) is 1.68. The molecular weight excluding hydrogens is 478 g/mol. The molecule has 3 aliphatic rings. The highest BCUT2D eigenvalue weighted by molar-refractivity contribution is 7.17. The number of nitrogens with one attached hydrogen (secondary N) is 1. The zero-order valence-corrected chi connectivity index (χ0v) is 20.8. The summed E-state index contributed by atoms with van der Waals surface area (Å²) in [7, 11) is 0. The Morgan fingerprint density at radius 3 is 2.50 bits per heavy atom. The summed E-state index contributed by atoms with van der Waals surface area (Å²) in [5.41, 5.74) is 3.15. The Balaban J connectivity index is 1.01. The van der Waals surface area contributed by atoms with Crippen LogP contribution in [0.2, 0.25) is 0 Å². The molecule has 2 aromatic carbocycles. The number of anilines is 3. The van der Waals surface area contributed by atoms with Crippen molar-refractivity contribution in [2.24, 2.45) is 0 Å². The van der Waals surface area contributed by atoms with Gasteiger partial charge >= 0.3 is 0 Å². The number of hydrogen-bond acceptors (Lipinski definition) is 9. The lowest BCUT2D eigenvalue weighted by atomic mass is 10.1. The van der Waals surface area contributed by atoms with Crippen molar-refractivity contribution < 1.29 is 19.0 Å². The van der Waals surface area contributed by atoms with E-state index < -0.39 is 0 Å². The number of carbonyl (C=O) groups is 1. The maximum atomic E-state index is 12.8. The fourth-order valence-corrected chi connectivity index (χ4v) is 5.54. The highest BCUT2D eigenvalue weighted by atomic mass is 32.1. The zero-order valence-electron chi connectivity index (χ0n) is 20.0. The average Bonchev–Trinajstić information content (AvgIpc) is 3.60. The second kappa shape index (κ2) is 10.3. The van der Waals surface area contributed by atoms with E-state index in [2.05, 4.69) is 37.1 Å². The van der Waals surface area contributed by atoms with Crippen LogP contribution >= 0.6 is 11.3 Å². The van der Waals surface area contributed by atoms with Gasteiger partial charge in [0.2, 0.25) is 6.79 Å². The van der Waals surface area contributed by atoms with Gasteiger partial charge in [-0.05, 0) is 42.0 Å². The number of ether oxygens (including phenoxy) is 3. The number of amides is 1. The predicted molar refractivity (Wildman–Crippen MR) is 140 cm³/mol. The van der Waals surface area contributed by atoms with E-state index >= 15 is 0 Å². The molecule has 4 heterocycles. The third-order valence-electron chi connectivity index (χ3n) is 6.70. The highest BCUT2D eigenvalue weighted by Crippen LogP contribution is 2.33. The lowest BCUT2D eigenvalue weighted by molar-refractivity contribution is 0.103. The van der Waals surface area contributed by atoms with Crippen LogP contribution < -0.4 is 24.6 Å². The lowest BCUT2D eigenvalue weighted by Gasteiger charge is -2.34. The Hall–Kier alpha value is -3.34. The predicted octanol–water partition coefficient (Wildman–Crippen LogP) is 3.28. The van der Waals surface area contributed by atoms with E-state index in [9.17, 15) is 4.79 Å². The molecule has 10 heteroatoms. The molecule has 2 fully saturated rings. The summed E-state index contributed by atoms with van der Waals surface area (Å²) in [5.74, 6) is 1.52. The number of piperazine rings is 1. The summed E-state index contributed by atoms with van der Waals surface area (Å²) >= 11 is 1.44. The van der Waals surface area contributed by atoms with Gasteiger partial charge in [-0.25, -0.2) is 4.98 Å². The van der Waals surface area contributed by atoms with Crippen LogP contribution in [0.1, 0.15) is 15.2 Å². The zero-order chi connectivity index (χ0) is 24.3. The van der Waals surface area contributed by atoms with Crippen LogP contribution in [0, 0.1) is 0 Å². The van der Waals surface area contributed by atoms with Gasteiger partial charge in [0, 0.05) is 57.2 Å². The third kappa shape index (κ3) is 5.11. The monoisotopic (exact) mass is 507 g/mol. The van der Waals surface area contributed by atoms with Gasteiger partial charge in [0.1, 0.15) is 4.88 Å². The van der Waals surface area contributed by atoms with Crippen molar-refractivity contribution in [3.8, 4) is 11.5 Å². The van der Waals surface area contributed by atoms with Gasteiger partial charge in [0.15, 0.2) is 16.6 Å². The molecule has 0 atom stereocenters. The largest absolute Gasteiger partial charge is 0.454 e. The average molecular weight is 508 g/mol.